The zero-order chi connectivity index (χ0) is 17.2. The quantitative estimate of drug-likeness (QED) is 0.796. The monoisotopic (exact) mass is 334 g/mol. The fourth-order valence-electron chi connectivity index (χ4n) is 2.99. The second-order valence-electron chi connectivity index (χ2n) is 6.17. The van der Waals surface area contributed by atoms with Crippen LogP contribution in [-0.2, 0) is 13.0 Å². The molecule has 0 spiro atoms. The number of carbonyl (C=O) groups is 1. The number of hydrogen-bond donors (Lipinski definition) is 1. The van der Waals surface area contributed by atoms with Crippen molar-refractivity contribution in [1.82, 2.24) is 20.1 Å². The van der Waals surface area contributed by atoms with Gasteiger partial charge in [0.05, 0.1) is 0 Å². The molecule has 0 bridgehead atoms. The van der Waals surface area contributed by atoms with Gasteiger partial charge in [-0.1, -0.05) is 12.1 Å². The zero-order valence-corrected chi connectivity index (χ0v) is 13.8. The Bertz CT molecular complexity index is 888. The van der Waals surface area contributed by atoms with E-state index in [4.69, 9.17) is 4.74 Å². The minimum Gasteiger partial charge on any atom is -0.490 e. The largest absolute Gasteiger partial charge is 0.490 e. The van der Waals surface area contributed by atoms with Gasteiger partial charge >= 0.3 is 0 Å². The Morgan fingerprint density at radius 1 is 1.20 bits per heavy atom. The summed E-state index contributed by atoms with van der Waals surface area (Å²) in [5.74, 6) is 0.854. The molecule has 0 unspecified atom stereocenters. The van der Waals surface area contributed by atoms with E-state index in [0.717, 1.165) is 23.4 Å². The normalized spacial score (nSPS) is 15.5. The van der Waals surface area contributed by atoms with Crippen molar-refractivity contribution >= 4 is 5.91 Å². The lowest BCUT2D eigenvalue weighted by atomic mass is 10.1. The molecular weight excluding hydrogens is 316 g/mol. The van der Waals surface area contributed by atoms with Crippen molar-refractivity contribution < 1.29 is 9.53 Å². The molecule has 6 heteroatoms. The van der Waals surface area contributed by atoms with E-state index in [1.165, 1.54) is 5.56 Å². The number of nitrogens with zero attached hydrogens (tertiary/aromatic N) is 3. The third-order valence-electron chi connectivity index (χ3n) is 4.26. The van der Waals surface area contributed by atoms with Gasteiger partial charge in [-0.05, 0) is 48.4 Å². The van der Waals surface area contributed by atoms with Crippen LogP contribution in [0.2, 0.25) is 0 Å². The van der Waals surface area contributed by atoms with E-state index in [0.29, 0.717) is 12.1 Å². The predicted molar refractivity (Wildman–Crippen MR) is 92.8 cm³/mol. The van der Waals surface area contributed by atoms with Crippen molar-refractivity contribution in [2.75, 3.05) is 0 Å². The van der Waals surface area contributed by atoms with Crippen molar-refractivity contribution in [2.24, 2.45) is 0 Å². The maximum atomic E-state index is 12.3. The highest BCUT2D eigenvalue weighted by atomic mass is 16.5. The van der Waals surface area contributed by atoms with Crippen LogP contribution >= 0.6 is 0 Å². The number of nitrogens with one attached hydrogen (secondary N) is 1. The van der Waals surface area contributed by atoms with E-state index in [1.807, 2.05) is 24.3 Å². The highest BCUT2D eigenvalue weighted by molar-refractivity contribution is 5.94. The summed E-state index contributed by atoms with van der Waals surface area (Å²) in [7, 11) is 0. The second kappa shape index (κ2) is 6.39. The number of aromatic nitrogens is 3. The standard InChI is InChI=1S/C19H18N4O2/c1-13-8-16-9-14(2-7-18(16)25-13)10-20-19(24)15-3-5-17(6-4-15)23-11-21-22-12-23/h2-7,9,11-13H,8,10H2,1H3,(H,20,24)/t13-/m1/s1. The minimum absolute atomic E-state index is 0.0968. The summed E-state index contributed by atoms with van der Waals surface area (Å²) < 4.78 is 7.49. The van der Waals surface area contributed by atoms with Gasteiger partial charge in [0.1, 0.15) is 24.5 Å². The van der Waals surface area contributed by atoms with Gasteiger partial charge in [0, 0.05) is 24.2 Å². The average Bonchev–Trinajstić information content (AvgIpc) is 3.28. The Morgan fingerprint density at radius 2 is 1.96 bits per heavy atom. The first-order valence-corrected chi connectivity index (χ1v) is 8.21. The highest BCUT2D eigenvalue weighted by Gasteiger charge is 2.18. The van der Waals surface area contributed by atoms with Gasteiger partial charge in [0.25, 0.3) is 5.91 Å². The topological polar surface area (TPSA) is 69.0 Å². The Morgan fingerprint density at radius 3 is 2.72 bits per heavy atom. The van der Waals surface area contributed by atoms with Crippen molar-refractivity contribution in [3.63, 3.8) is 0 Å². The summed E-state index contributed by atoms with van der Waals surface area (Å²) in [6.07, 6.45) is 4.38. The van der Waals surface area contributed by atoms with Gasteiger partial charge in [-0.2, -0.15) is 0 Å². The van der Waals surface area contributed by atoms with E-state index in [-0.39, 0.29) is 12.0 Å². The van der Waals surface area contributed by atoms with Crippen LogP contribution in [0.5, 0.6) is 5.75 Å². The van der Waals surface area contributed by atoms with Crippen molar-refractivity contribution in [3.05, 3.63) is 71.8 Å². The first-order valence-electron chi connectivity index (χ1n) is 8.21. The van der Waals surface area contributed by atoms with E-state index in [1.54, 1.807) is 29.4 Å². The van der Waals surface area contributed by atoms with Gasteiger partial charge in [-0.3, -0.25) is 9.36 Å². The van der Waals surface area contributed by atoms with Crippen LogP contribution < -0.4 is 10.1 Å². The molecule has 0 aliphatic carbocycles. The van der Waals surface area contributed by atoms with E-state index < -0.39 is 0 Å². The van der Waals surface area contributed by atoms with Crippen LogP contribution in [0.15, 0.2) is 55.1 Å². The number of hydrogen-bond acceptors (Lipinski definition) is 4. The lowest BCUT2D eigenvalue weighted by Crippen LogP contribution is -2.22. The van der Waals surface area contributed by atoms with Crippen LogP contribution in [0.1, 0.15) is 28.4 Å². The maximum absolute atomic E-state index is 12.3. The Kier molecular flexibility index (Phi) is 3.93. The molecule has 0 saturated heterocycles. The minimum atomic E-state index is -0.0968. The van der Waals surface area contributed by atoms with Gasteiger partial charge in [0.2, 0.25) is 0 Å². The van der Waals surface area contributed by atoms with E-state index >= 15 is 0 Å². The molecule has 1 atom stereocenters. The molecule has 1 aliphatic heterocycles. The van der Waals surface area contributed by atoms with Gasteiger partial charge in [-0.15, -0.1) is 10.2 Å². The smallest absolute Gasteiger partial charge is 0.251 e. The molecule has 0 radical (unpaired) electrons. The molecule has 3 aromatic rings. The third-order valence-corrected chi connectivity index (χ3v) is 4.26. The van der Waals surface area contributed by atoms with Gasteiger partial charge in [0.15, 0.2) is 0 Å². The summed E-state index contributed by atoms with van der Waals surface area (Å²) >= 11 is 0. The summed E-state index contributed by atoms with van der Waals surface area (Å²) in [5.41, 5.74) is 3.81. The van der Waals surface area contributed by atoms with Crippen molar-refractivity contribution in [1.29, 1.82) is 0 Å². The molecule has 0 fully saturated rings. The summed E-state index contributed by atoms with van der Waals surface area (Å²) in [6.45, 7) is 2.55. The summed E-state index contributed by atoms with van der Waals surface area (Å²) in [6, 6.07) is 13.4. The number of carbonyl (C=O) groups excluding carboxylic acids is 1. The molecule has 25 heavy (non-hydrogen) atoms. The molecule has 0 saturated carbocycles. The SMILES string of the molecule is C[C@@H]1Cc2cc(CNC(=O)c3ccc(-n4cnnc4)cc3)ccc2O1. The van der Waals surface area contributed by atoms with E-state index in [9.17, 15) is 4.79 Å². The molecule has 1 amide bonds. The number of fused-ring (bicyclic) bond motifs is 1. The third kappa shape index (κ3) is 3.24. The highest BCUT2D eigenvalue weighted by Crippen LogP contribution is 2.29. The molecule has 1 aromatic heterocycles. The van der Waals surface area contributed by atoms with Crippen LogP contribution in [0.25, 0.3) is 5.69 Å². The molecular formula is C19H18N4O2. The molecule has 1 N–H and O–H groups in total. The van der Waals surface area contributed by atoms with E-state index in [2.05, 4.69) is 28.5 Å². The second-order valence-corrected chi connectivity index (χ2v) is 6.17. The molecule has 6 nitrogen and oxygen atoms in total. The number of benzene rings is 2. The number of rotatable bonds is 4. The Balaban J connectivity index is 1.40. The number of ether oxygens (including phenoxy) is 1. The fraction of sp³-hybridized carbons (Fsp3) is 0.211. The van der Waals surface area contributed by atoms with Crippen LogP contribution in [-0.4, -0.2) is 26.8 Å². The first-order chi connectivity index (χ1) is 12.2. The average molecular weight is 334 g/mol. The Hall–Kier alpha value is -3.15. The van der Waals surface area contributed by atoms with Crippen LogP contribution in [0, 0.1) is 0 Å². The number of amides is 1. The molecule has 2 aromatic carbocycles. The van der Waals surface area contributed by atoms with Crippen LogP contribution in [0.3, 0.4) is 0 Å². The molecule has 2 heterocycles. The van der Waals surface area contributed by atoms with Crippen LogP contribution in [0.4, 0.5) is 0 Å². The predicted octanol–water partition coefficient (Wildman–Crippen LogP) is 2.52. The molecule has 4 rings (SSSR count). The fourth-order valence-corrected chi connectivity index (χ4v) is 2.99. The Labute approximate surface area is 145 Å². The van der Waals surface area contributed by atoms with Crippen molar-refractivity contribution in [2.45, 2.75) is 26.0 Å². The summed E-state index contributed by atoms with van der Waals surface area (Å²) in [4.78, 5) is 12.3. The summed E-state index contributed by atoms with van der Waals surface area (Å²) in [5, 5.41) is 10.5. The molecule has 1 aliphatic rings. The lowest BCUT2D eigenvalue weighted by molar-refractivity contribution is 0.0951. The van der Waals surface area contributed by atoms with Crippen molar-refractivity contribution in [3.8, 4) is 11.4 Å². The first kappa shape index (κ1) is 15.4. The lowest BCUT2D eigenvalue weighted by Gasteiger charge is -2.08. The maximum Gasteiger partial charge on any atom is 0.251 e. The van der Waals surface area contributed by atoms with Gasteiger partial charge < -0.3 is 10.1 Å². The van der Waals surface area contributed by atoms with Gasteiger partial charge in [-0.25, -0.2) is 0 Å². The molecule has 126 valence electrons. The zero-order valence-electron chi connectivity index (χ0n) is 13.8.